The first-order valence-corrected chi connectivity index (χ1v) is 5.32. The Labute approximate surface area is 86.2 Å². The van der Waals surface area contributed by atoms with Gasteiger partial charge >= 0.3 is 5.97 Å². The van der Waals surface area contributed by atoms with E-state index < -0.39 is 0 Å². The van der Waals surface area contributed by atoms with E-state index in [9.17, 15) is 4.79 Å². The minimum Gasteiger partial charge on any atom is -0.466 e. The Bertz CT molecular complexity index is 212. The van der Waals surface area contributed by atoms with E-state index in [1.54, 1.807) is 0 Å². The molecule has 1 heterocycles. The van der Waals surface area contributed by atoms with Gasteiger partial charge in [0.05, 0.1) is 12.0 Å². The lowest BCUT2D eigenvalue weighted by Crippen LogP contribution is -2.45. The van der Waals surface area contributed by atoms with Gasteiger partial charge in [-0.05, 0) is 25.3 Å². The Morgan fingerprint density at radius 2 is 2.14 bits per heavy atom. The summed E-state index contributed by atoms with van der Waals surface area (Å²) in [5.74, 6) is -0.0440. The second-order valence-corrected chi connectivity index (χ2v) is 4.98. The summed E-state index contributed by atoms with van der Waals surface area (Å²) in [6, 6.07) is 0. The van der Waals surface area contributed by atoms with E-state index in [-0.39, 0.29) is 16.8 Å². The van der Waals surface area contributed by atoms with Crippen molar-refractivity contribution in [1.82, 2.24) is 5.32 Å². The fourth-order valence-electron chi connectivity index (χ4n) is 2.08. The van der Waals surface area contributed by atoms with Crippen LogP contribution in [0.2, 0.25) is 0 Å². The van der Waals surface area contributed by atoms with Crippen LogP contribution in [0.1, 0.15) is 34.1 Å². The molecule has 0 saturated carbocycles. The molecule has 3 heteroatoms. The first kappa shape index (κ1) is 11.5. The quantitative estimate of drug-likeness (QED) is 0.686. The molecule has 0 radical (unpaired) electrons. The zero-order chi connectivity index (χ0) is 10.8. The van der Waals surface area contributed by atoms with Crippen molar-refractivity contribution in [2.75, 3.05) is 19.7 Å². The highest BCUT2D eigenvalue weighted by Gasteiger charge is 2.51. The van der Waals surface area contributed by atoms with Crippen LogP contribution in [0.25, 0.3) is 0 Å². The number of hydrogen-bond acceptors (Lipinski definition) is 3. The van der Waals surface area contributed by atoms with E-state index in [1.165, 1.54) is 0 Å². The number of rotatable bonds is 2. The molecule has 1 N–H and O–H groups in total. The van der Waals surface area contributed by atoms with Crippen molar-refractivity contribution in [2.45, 2.75) is 34.1 Å². The summed E-state index contributed by atoms with van der Waals surface area (Å²) < 4.78 is 5.18. The van der Waals surface area contributed by atoms with Crippen molar-refractivity contribution >= 4 is 5.97 Å². The highest BCUT2D eigenvalue weighted by molar-refractivity contribution is 5.78. The second-order valence-electron chi connectivity index (χ2n) is 4.98. The Morgan fingerprint density at radius 3 is 2.50 bits per heavy atom. The number of carbonyl (C=O) groups excluding carboxylic acids is 1. The molecule has 1 rings (SSSR count). The highest BCUT2D eigenvalue weighted by Crippen LogP contribution is 2.44. The standard InChI is InChI=1S/C11H21NO2/c1-5-14-9(13)11(10(2,3)4)6-7-12-8-11/h12H,5-8H2,1-4H3. The molecule has 82 valence electrons. The van der Waals surface area contributed by atoms with Gasteiger partial charge in [0, 0.05) is 6.54 Å². The predicted octanol–water partition coefficient (Wildman–Crippen LogP) is 1.58. The van der Waals surface area contributed by atoms with Gasteiger partial charge in [0.15, 0.2) is 0 Å². The van der Waals surface area contributed by atoms with Gasteiger partial charge in [0.25, 0.3) is 0 Å². The average Bonchev–Trinajstić information content (AvgIpc) is 2.51. The van der Waals surface area contributed by atoms with Crippen LogP contribution in [0.5, 0.6) is 0 Å². The van der Waals surface area contributed by atoms with Gasteiger partial charge in [-0.2, -0.15) is 0 Å². The molecule has 3 nitrogen and oxygen atoms in total. The van der Waals surface area contributed by atoms with E-state index in [4.69, 9.17) is 4.74 Å². The van der Waals surface area contributed by atoms with Crippen molar-refractivity contribution < 1.29 is 9.53 Å². The van der Waals surface area contributed by atoms with Gasteiger partial charge in [-0.15, -0.1) is 0 Å². The lowest BCUT2D eigenvalue weighted by molar-refractivity contribution is -0.161. The smallest absolute Gasteiger partial charge is 0.313 e. The monoisotopic (exact) mass is 199 g/mol. The van der Waals surface area contributed by atoms with Gasteiger partial charge in [0.2, 0.25) is 0 Å². The summed E-state index contributed by atoms with van der Waals surface area (Å²) in [4.78, 5) is 12.0. The van der Waals surface area contributed by atoms with Crippen molar-refractivity contribution in [3.8, 4) is 0 Å². The van der Waals surface area contributed by atoms with Crippen LogP contribution in [-0.2, 0) is 9.53 Å². The summed E-state index contributed by atoms with van der Waals surface area (Å²) >= 11 is 0. The number of nitrogens with one attached hydrogen (secondary N) is 1. The highest BCUT2D eigenvalue weighted by atomic mass is 16.5. The Balaban J connectivity index is 2.87. The van der Waals surface area contributed by atoms with E-state index >= 15 is 0 Å². The summed E-state index contributed by atoms with van der Waals surface area (Å²) in [5, 5.41) is 3.26. The van der Waals surface area contributed by atoms with Crippen LogP contribution in [0.15, 0.2) is 0 Å². The molecule has 14 heavy (non-hydrogen) atoms. The third-order valence-electron chi connectivity index (χ3n) is 3.26. The average molecular weight is 199 g/mol. The van der Waals surface area contributed by atoms with Crippen molar-refractivity contribution in [1.29, 1.82) is 0 Å². The van der Waals surface area contributed by atoms with Crippen LogP contribution in [0, 0.1) is 10.8 Å². The molecule has 0 amide bonds. The number of hydrogen-bond donors (Lipinski definition) is 1. The van der Waals surface area contributed by atoms with Crippen molar-refractivity contribution in [3.05, 3.63) is 0 Å². The Morgan fingerprint density at radius 1 is 1.50 bits per heavy atom. The maximum absolute atomic E-state index is 12.0. The third kappa shape index (κ3) is 1.78. The summed E-state index contributed by atoms with van der Waals surface area (Å²) in [6.07, 6.45) is 0.884. The summed E-state index contributed by atoms with van der Waals surface area (Å²) in [5.41, 5.74) is -0.369. The van der Waals surface area contributed by atoms with E-state index in [0.717, 1.165) is 19.5 Å². The maximum Gasteiger partial charge on any atom is 0.313 e. The molecule has 0 aromatic heterocycles. The molecule has 1 atom stereocenters. The van der Waals surface area contributed by atoms with Crippen LogP contribution >= 0.6 is 0 Å². The van der Waals surface area contributed by atoms with Crippen LogP contribution in [0.4, 0.5) is 0 Å². The Hall–Kier alpha value is -0.570. The number of esters is 1. The Kier molecular flexibility index (Phi) is 3.20. The molecule has 0 spiro atoms. The minimum absolute atomic E-state index is 0.0389. The van der Waals surface area contributed by atoms with E-state index in [1.807, 2.05) is 6.92 Å². The topological polar surface area (TPSA) is 38.3 Å². The van der Waals surface area contributed by atoms with E-state index in [2.05, 4.69) is 26.1 Å². The second kappa shape index (κ2) is 3.89. The molecule has 1 saturated heterocycles. The molecule has 0 bridgehead atoms. The molecule has 1 aliphatic rings. The van der Waals surface area contributed by atoms with Crippen molar-refractivity contribution in [3.63, 3.8) is 0 Å². The number of carbonyl (C=O) groups is 1. The fourth-order valence-corrected chi connectivity index (χ4v) is 2.08. The van der Waals surface area contributed by atoms with E-state index in [0.29, 0.717) is 6.61 Å². The zero-order valence-electron chi connectivity index (χ0n) is 9.64. The number of ether oxygens (including phenoxy) is 1. The lowest BCUT2D eigenvalue weighted by atomic mass is 9.66. The lowest BCUT2D eigenvalue weighted by Gasteiger charge is -2.38. The zero-order valence-corrected chi connectivity index (χ0v) is 9.64. The fraction of sp³-hybridized carbons (Fsp3) is 0.909. The minimum atomic E-state index is -0.330. The van der Waals surface area contributed by atoms with Gasteiger partial charge in [0.1, 0.15) is 0 Å². The SMILES string of the molecule is CCOC(=O)C1(C(C)(C)C)CCNC1. The van der Waals surface area contributed by atoms with Gasteiger partial charge < -0.3 is 10.1 Å². The van der Waals surface area contributed by atoms with Gasteiger partial charge in [-0.1, -0.05) is 20.8 Å². The molecular weight excluding hydrogens is 178 g/mol. The molecule has 1 unspecified atom stereocenters. The largest absolute Gasteiger partial charge is 0.466 e. The normalized spacial score (nSPS) is 27.7. The molecule has 0 aromatic carbocycles. The maximum atomic E-state index is 12.0. The van der Waals surface area contributed by atoms with Crippen molar-refractivity contribution in [2.24, 2.45) is 10.8 Å². The summed E-state index contributed by atoms with van der Waals surface area (Å²) in [6.45, 7) is 10.3. The first-order chi connectivity index (χ1) is 6.44. The molecule has 1 aliphatic heterocycles. The van der Waals surface area contributed by atoms with Gasteiger partial charge in [-0.3, -0.25) is 4.79 Å². The predicted molar refractivity (Wildman–Crippen MR) is 56.0 cm³/mol. The van der Waals surface area contributed by atoms with Gasteiger partial charge in [-0.25, -0.2) is 0 Å². The summed E-state index contributed by atoms with van der Waals surface area (Å²) in [7, 11) is 0. The molecule has 0 aromatic rings. The molecule has 0 aliphatic carbocycles. The van der Waals surface area contributed by atoms with Crippen LogP contribution < -0.4 is 5.32 Å². The van der Waals surface area contributed by atoms with Crippen LogP contribution in [-0.4, -0.2) is 25.7 Å². The third-order valence-corrected chi connectivity index (χ3v) is 3.26. The first-order valence-electron chi connectivity index (χ1n) is 5.32. The molecular formula is C11H21NO2. The molecule has 1 fully saturated rings. The van der Waals surface area contributed by atoms with Crippen LogP contribution in [0.3, 0.4) is 0 Å².